The molecule has 9 heteroatoms. The van der Waals surface area contributed by atoms with Crippen LogP contribution in [-0.4, -0.2) is 27.8 Å². The molecule has 4 aromatic rings. The van der Waals surface area contributed by atoms with Gasteiger partial charge in [-0.25, -0.2) is 9.78 Å². The van der Waals surface area contributed by atoms with E-state index in [1.165, 1.54) is 19.4 Å². The smallest absolute Gasteiger partial charge is 0.420 e. The molecule has 6 nitrogen and oxygen atoms in total. The van der Waals surface area contributed by atoms with Crippen molar-refractivity contribution in [2.24, 2.45) is 0 Å². The van der Waals surface area contributed by atoms with E-state index in [4.69, 9.17) is 4.74 Å². The highest BCUT2D eigenvalue weighted by Gasteiger charge is 2.35. The lowest BCUT2D eigenvalue weighted by atomic mass is 10.0. The van der Waals surface area contributed by atoms with E-state index in [2.05, 4.69) is 15.4 Å². The molecule has 2 heterocycles. The molecule has 0 amide bonds. The van der Waals surface area contributed by atoms with Crippen molar-refractivity contribution in [1.29, 1.82) is 0 Å². The lowest BCUT2D eigenvalue weighted by molar-refractivity contribution is -0.137. The lowest BCUT2D eigenvalue weighted by Crippen LogP contribution is -2.15. The van der Waals surface area contributed by atoms with Gasteiger partial charge in [-0.05, 0) is 66.6 Å². The van der Waals surface area contributed by atoms with Crippen LogP contribution in [-0.2, 0) is 17.3 Å². The topological polar surface area (TPSA) is 69.0 Å². The van der Waals surface area contributed by atoms with Crippen LogP contribution in [0.25, 0.3) is 17.1 Å². The molecular weight excluding hydrogens is 481 g/mol. The number of hydrogen-bond acceptors (Lipinski definition) is 5. The van der Waals surface area contributed by atoms with Crippen molar-refractivity contribution in [1.82, 2.24) is 14.8 Å². The average Bonchev–Trinajstić information content (AvgIpc) is 3.68. The van der Waals surface area contributed by atoms with Gasteiger partial charge in [-0.15, -0.1) is 0 Å². The highest BCUT2D eigenvalue weighted by atomic mass is 19.4. The number of ether oxygens (including phenoxy) is 1. The maximum atomic E-state index is 13.9. The summed E-state index contributed by atoms with van der Waals surface area (Å²) in [5, 5.41) is 7.65. The molecule has 0 aliphatic heterocycles. The quantitative estimate of drug-likeness (QED) is 0.276. The van der Waals surface area contributed by atoms with E-state index < -0.39 is 17.7 Å². The van der Waals surface area contributed by atoms with Crippen LogP contribution in [0.15, 0.2) is 66.9 Å². The Labute approximate surface area is 212 Å². The summed E-state index contributed by atoms with van der Waals surface area (Å²) >= 11 is 0. The normalized spacial score (nSPS) is 13.4. The number of alkyl halides is 3. The molecule has 1 fully saturated rings. The minimum absolute atomic E-state index is 0.227. The minimum Gasteiger partial charge on any atom is -0.465 e. The number of aryl methyl sites for hydroxylation is 1. The maximum absolute atomic E-state index is 13.9. The van der Waals surface area contributed by atoms with Crippen LogP contribution in [0.1, 0.15) is 52.7 Å². The number of hydrogen-bond donors (Lipinski definition) is 1. The van der Waals surface area contributed by atoms with Crippen molar-refractivity contribution < 1.29 is 22.7 Å². The van der Waals surface area contributed by atoms with Gasteiger partial charge in [-0.2, -0.15) is 23.0 Å². The van der Waals surface area contributed by atoms with Crippen molar-refractivity contribution in [2.75, 3.05) is 12.4 Å². The van der Waals surface area contributed by atoms with Crippen molar-refractivity contribution in [3.8, 4) is 17.1 Å². The first-order valence-electron chi connectivity index (χ1n) is 12.0. The number of carbonyl (C=O) groups is 1. The summed E-state index contributed by atoms with van der Waals surface area (Å²) in [6.07, 6.45) is -0.440. The van der Waals surface area contributed by atoms with Gasteiger partial charge >= 0.3 is 12.1 Å². The summed E-state index contributed by atoms with van der Waals surface area (Å²) in [5.74, 6) is -0.279. The van der Waals surface area contributed by atoms with Gasteiger partial charge in [0.2, 0.25) is 0 Å². The summed E-state index contributed by atoms with van der Waals surface area (Å²) in [4.78, 5) is 16.6. The molecule has 0 unspecified atom stereocenters. The standard InChI is InChI=1S/C28H25F3N4O2/c1-3-17-6-4-7-20(14-17)24-16-25(35(34-24)26-22(28(29,30)31)8-5-13-32-26)33-23-12-11-19(18-9-10-18)15-21(23)27(36)37-2/h4-8,11-16,18,33H,3,9-10H2,1-2H3. The van der Waals surface area contributed by atoms with Crippen LogP contribution < -0.4 is 5.32 Å². The van der Waals surface area contributed by atoms with Gasteiger partial charge in [-0.1, -0.05) is 31.2 Å². The predicted molar refractivity (Wildman–Crippen MR) is 134 cm³/mol. The van der Waals surface area contributed by atoms with Crippen molar-refractivity contribution in [3.63, 3.8) is 0 Å². The number of esters is 1. The fourth-order valence-electron chi connectivity index (χ4n) is 4.27. The van der Waals surface area contributed by atoms with E-state index in [1.54, 1.807) is 18.2 Å². The molecule has 2 aromatic heterocycles. The number of nitrogens with zero attached hydrogens (tertiary/aromatic N) is 3. The highest BCUT2D eigenvalue weighted by Crippen LogP contribution is 2.42. The first kappa shape index (κ1) is 24.5. The number of aromatic nitrogens is 3. The van der Waals surface area contributed by atoms with E-state index in [0.717, 1.165) is 46.7 Å². The zero-order valence-corrected chi connectivity index (χ0v) is 20.3. The summed E-state index contributed by atoms with van der Waals surface area (Å²) in [6.45, 7) is 2.02. The van der Waals surface area contributed by atoms with E-state index in [0.29, 0.717) is 22.9 Å². The van der Waals surface area contributed by atoms with Gasteiger partial charge in [0.15, 0.2) is 5.82 Å². The van der Waals surface area contributed by atoms with Gasteiger partial charge in [-0.3, -0.25) is 0 Å². The largest absolute Gasteiger partial charge is 0.465 e. The zero-order valence-electron chi connectivity index (χ0n) is 20.3. The van der Waals surface area contributed by atoms with Crippen LogP contribution in [0.3, 0.4) is 0 Å². The molecule has 1 aliphatic carbocycles. The molecule has 5 rings (SSSR count). The second kappa shape index (κ2) is 9.72. The molecule has 190 valence electrons. The van der Waals surface area contributed by atoms with E-state index in [9.17, 15) is 18.0 Å². The second-order valence-electron chi connectivity index (χ2n) is 8.95. The SMILES string of the molecule is CCc1cccc(-c2cc(Nc3ccc(C4CC4)cc3C(=O)OC)n(-c3ncccc3C(F)(F)F)n2)c1. The maximum Gasteiger partial charge on any atom is 0.420 e. The number of methoxy groups -OCH3 is 1. The number of rotatable bonds is 7. The molecule has 37 heavy (non-hydrogen) atoms. The van der Waals surface area contributed by atoms with Crippen LogP contribution in [0.5, 0.6) is 0 Å². The Morgan fingerprint density at radius 3 is 2.62 bits per heavy atom. The summed E-state index contributed by atoms with van der Waals surface area (Å²) in [6, 6.07) is 17.0. The van der Waals surface area contributed by atoms with E-state index in [-0.39, 0.29) is 11.6 Å². The Bertz CT molecular complexity index is 1460. The number of benzene rings is 2. The molecule has 0 bridgehead atoms. The van der Waals surface area contributed by atoms with E-state index >= 15 is 0 Å². The van der Waals surface area contributed by atoms with Gasteiger partial charge in [0, 0.05) is 17.8 Å². The Hall–Kier alpha value is -4.14. The fraction of sp³-hybridized carbons (Fsp3) is 0.250. The molecule has 2 aromatic carbocycles. The molecule has 0 saturated heterocycles. The van der Waals surface area contributed by atoms with Crippen molar-refractivity contribution >= 4 is 17.5 Å². The Kier molecular flexibility index (Phi) is 6.45. The van der Waals surface area contributed by atoms with Gasteiger partial charge in [0.25, 0.3) is 0 Å². The Balaban J connectivity index is 1.66. The summed E-state index contributed by atoms with van der Waals surface area (Å²) in [5.41, 5.74) is 3.09. The molecule has 1 saturated carbocycles. The van der Waals surface area contributed by atoms with E-state index in [1.807, 2.05) is 37.3 Å². The average molecular weight is 507 g/mol. The molecular formula is C28H25F3N4O2. The van der Waals surface area contributed by atoms with Crippen LogP contribution in [0.4, 0.5) is 24.7 Å². The van der Waals surface area contributed by atoms with Crippen LogP contribution >= 0.6 is 0 Å². The van der Waals surface area contributed by atoms with Crippen molar-refractivity contribution in [3.05, 3.63) is 89.1 Å². The molecule has 0 atom stereocenters. The molecule has 0 radical (unpaired) electrons. The highest BCUT2D eigenvalue weighted by molar-refractivity contribution is 5.96. The Morgan fingerprint density at radius 1 is 1.11 bits per heavy atom. The Morgan fingerprint density at radius 2 is 1.92 bits per heavy atom. The van der Waals surface area contributed by atoms with Gasteiger partial charge in [0.05, 0.1) is 24.1 Å². The number of anilines is 2. The van der Waals surface area contributed by atoms with Crippen LogP contribution in [0.2, 0.25) is 0 Å². The number of halogens is 3. The van der Waals surface area contributed by atoms with Gasteiger partial charge in [0.1, 0.15) is 11.4 Å². The zero-order chi connectivity index (χ0) is 26.2. The number of pyridine rings is 1. The molecule has 1 aliphatic rings. The van der Waals surface area contributed by atoms with Crippen LogP contribution in [0, 0.1) is 0 Å². The monoisotopic (exact) mass is 506 g/mol. The summed E-state index contributed by atoms with van der Waals surface area (Å²) in [7, 11) is 1.29. The predicted octanol–water partition coefficient (Wildman–Crippen LogP) is 6.92. The van der Waals surface area contributed by atoms with Gasteiger partial charge < -0.3 is 10.1 Å². The minimum atomic E-state index is -4.64. The third-order valence-electron chi connectivity index (χ3n) is 6.39. The number of carbonyl (C=O) groups excluding carboxylic acids is 1. The lowest BCUT2D eigenvalue weighted by Gasteiger charge is -2.16. The molecule has 1 N–H and O–H groups in total. The third-order valence-corrected chi connectivity index (χ3v) is 6.39. The first-order chi connectivity index (χ1) is 17.8. The third kappa shape index (κ3) is 5.07. The summed E-state index contributed by atoms with van der Waals surface area (Å²) < 4.78 is 47.8. The fourth-order valence-corrected chi connectivity index (χ4v) is 4.27. The molecule has 0 spiro atoms. The first-order valence-corrected chi connectivity index (χ1v) is 12.0. The second-order valence-corrected chi connectivity index (χ2v) is 8.95. The number of nitrogens with one attached hydrogen (secondary N) is 1. The van der Waals surface area contributed by atoms with Crippen molar-refractivity contribution in [2.45, 2.75) is 38.3 Å².